The van der Waals surface area contributed by atoms with Crippen molar-refractivity contribution in [1.82, 2.24) is 0 Å². The molecule has 1 atom stereocenters. The number of ether oxygens (including phenoxy) is 3. The topological polar surface area (TPSA) is 47.9 Å². The smallest absolute Gasteiger partial charge is 0.0728 e. The molecule has 192 valence electrons. The summed E-state index contributed by atoms with van der Waals surface area (Å²) in [6.45, 7) is 5.08. The molecule has 4 rings (SSSR count). The fourth-order valence-electron chi connectivity index (χ4n) is 4.21. The van der Waals surface area contributed by atoms with Gasteiger partial charge in [0.2, 0.25) is 0 Å². The Morgan fingerprint density at radius 1 is 0.541 bits per heavy atom. The first-order valence-electron chi connectivity index (χ1n) is 12.8. The van der Waals surface area contributed by atoms with Crippen LogP contribution in [0.4, 0.5) is 0 Å². The van der Waals surface area contributed by atoms with Crippen molar-refractivity contribution in [3.05, 3.63) is 142 Å². The number of rotatable bonds is 14. The molecule has 0 aromatic heterocycles. The van der Waals surface area contributed by atoms with E-state index >= 15 is 0 Å². The van der Waals surface area contributed by atoms with Crippen molar-refractivity contribution in [2.24, 2.45) is 0 Å². The van der Waals surface area contributed by atoms with Crippen LogP contribution >= 0.6 is 0 Å². The van der Waals surface area contributed by atoms with E-state index in [-0.39, 0.29) is 12.5 Å². The SMILES string of the molecule is CC(CO)c1cc(COCc2ccccc2)c(COCc2ccccc2)c(COCc2ccccc2)c1. The first-order valence-corrected chi connectivity index (χ1v) is 12.8. The van der Waals surface area contributed by atoms with Crippen LogP contribution in [0.1, 0.15) is 51.8 Å². The molecule has 4 aromatic carbocycles. The molecule has 0 aliphatic heterocycles. The number of aliphatic hydroxyl groups is 1. The van der Waals surface area contributed by atoms with Gasteiger partial charge < -0.3 is 19.3 Å². The van der Waals surface area contributed by atoms with E-state index in [4.69, 9.17) is 14.2 Å². The van der Waals surface area contributed by atoms with Crippen LogP contribution in [0.2, 0.25) is 0 Å². The molecule has 37 heavy (non-hydrogen) atoms. The van der Waals surface area contributed by atoms with Crippen molar-refractivity contribution >= 4 is 0 Å². The lowest BCUT2D eigenvalue weighted by Gasteiger charge is -2.20. The Hall–Kier alpha value is -3.28. The van der Waals surface area contributed by atoms with E-state index in [9.17, 15) is 5.11 Å². The lowest BCUT2D eigenvalue weighted by Crippen LogP contribution is -2.10. The highest BCUT2D eigenvalue weighted by atomic mass is 16.5. The molecular formula is C33H36O4. The summed E-state index contributed by atoms with van der Waals surface area (Å²) >= 11 is 0. The second-order valence-electron chi connectivity index (χ2n) is 9.34. The van der Waals surface area contributed by atoms with Gasteiger partial charge in [0.05, 0.1) is 39.6 Å². The first-order chi connectivity index (χ1) is 18.2. The van der Waals surface area contributed by atoms with Gasteiger partial charge in [-0.15, -0.1) is 0 Å². The molecule has 0 saturated heterocycles. The lowest BCUT2D eigenvalue weighted by atomic mass is 9.93. The van der Waals surface area contributed by atoms with Crippen molar-refractivity contribution < 1.29 is 19.3 Å². The van der Waals surface area contributed by atoms with Crippen LogP contribution in [0.5, 0.6) is 0 Å². The van der Waals surface area contributed by atoms with E-state index in [1.807, 2.05) is 61.5 Å². The van der Waals surface area contributed by atoms with E-state index in [2.05, 4.69) is 48.5 Å². The fraction of sp³-hybridized carbons (Fsp3) is 0.273. The van der Waals surface area contributed by atoms with Gasteiger partial charge in [-0.05, 0) is 38.9 Å². The third-order valence-corrected chi connectivity index (χ3v) is 6.40. The zero-order chi connectivity index (χ0) is 25.7. The minimum atomic E-state index is 0.0139. The molecule has 4 nitrogen and oxygen atoms in total. The van der Waals surface area contributed by atoms with Crippen LogP contribution in [0.15, 0.2) is 103 Å². The van der Waals surface area contributed by atoms with Crippen molar-refractivity contribution in [3.8, 4) is 0 Å². The summed E-state index contributed by atoms with van der Waals surface area (Å²) in [6, 6.07) is 34.9. The van der Waals surface area contributed by atoms with Gasteiger partial charge in [-0.1, -0.05) is 110 Å². The maximum atomic E-state index is 9.87. The maximum Gasteiger partial charge on any atom is 0.0728 e. The Labute approximate surface area is 220 Å². The highest BCUT2D eigenvalue weighted by Crippen LogP contribution is 2.27. The maximum absolute atomic E-state index is 9.87. The van der Waals surface area contributed by atoms with Gasteiger partial charge in [-0.3, -0.25) is 0 Å². The predicted molar refractivity (Wildman–Crippen MR) is 147 cm³/mol. The number of aliphatic hydroxyl groups excluding tert-OH is 1. The Kier molecular flexibility index (Phi) is 10.5. The quantitative estimate of drug-likeness (QED) is 0.206. The molecule has 0 radical (unpaired) electrons. The first kappa shape index (κ1) is 26.8. The number of hydrogen-bond acceptors (Lipinski definition) is 4. The summed E-state index contributed by atoms with van der Waals surface area (Å²) in [5.74, 6) is 0.0139. The predicted octanol–water partition coefficient (Wildman–Crippen LogP) is 6.93. The van der Waals surface area contributed by atoms with E-state index in [0.29, 0.717) is 39.6 Å². The third kappa shape index (κ3) is 8.38. The van der Waals surface area contributed by atoms with Crippen LogP contribution in [0.3, 0.4) is 0 Å². The minimum absolute atomic E-state index is 0.0139. The summed E-state index contributed by atoms with van der Waals surface area (Å²) < 4.78 is 18.5. The molecule has 0 saturated carbocycles. The molecular weight excluding hydrogens is 460 g/mol. The van der Waals surface area contributed by atoms with Crippen LogP contribution in [-0.2, 0) is 53.9 Å². The molecule has 0 fully saturated rings. The van der Waals surface area contributed by atoms with E-state index < -0.39 is 0 Å². The Morgan fingerprint density at radius 2 is 0.919 bits per heavy atom. The van der Waals surface area contributed by atoms with Gasteiger partial charge in [-0.2, -0.15) is 0 Å². The highest BCUT2D eigenvalue weighted by molar-refractivity contribution is 5.40. The Morgan fingerprint density at radius 3 is 1.30 bits per heavy atom. The van der Waals surface area contributed by atoms with Crippen molar-refractivity contribution in [2.45, 2.75) is 52.5 Å². The zero-order valence-corrected chi connectivity index (χ0v) is 21.5. The van der Waals surface area contributed by atoms with Gasteiger partial charge in [-0.25, -0.2) is 0 Å². The van der Waals surface area contributed by atoms with Gasteiger partial charge in [0.25, 0.3) is 0 Å². The number of hydrogen-bond donors (Lipinski definition) is 1. The second kappa shape index (κ2) is 14.5. The molecule has 0 spiro atoms. The van der Waals surface area contributed by atoms with Gasteiger partial charge in [0, 0.05) is 12.5 Å². The second-order valence-corrected chi connectivity index (χ2v) is 9.34. The monoisotopic (exact) mass is 496 g/mol. The molecule has 1 N–H and O–H groups in total. The Bertz CT molecular complexity index is 1130. The molecule has 0 aliphatic rings. The van der Waals surface area contributed by atoms with Crippen molar-refractivity contribution in [3.63, 3.8) is 0 Å². The summed E-state index contributed by atoms with van der Waals surface area (Å²) in [5, 5.41) is 9.87. The van der Waals surface area contributed by atoms with Gasteiger partial charge in [0.1, 0.15) is 0 Å². The molecule has 0 bridgehead atoms. The average molecular weight is 497 g/mol. The molecule has 1 unspecified atom stereocenters. The van der Waals surface area contributed by atoms with Crippen molar-refractivity contribution in [1.29, 1.82) is 0 Å². The summed E-state index contributed by atoms with van der Waals surface area (Å²) in [4.78, 5) is 0. The normalized spacial score (nSPS) is 11.9. The van der Waals surface area contributed by atoms with Crippen LogP contribution in [-0.4, -0.2) is 11.7 Å². The fourth-order valence-corrected chi connectivity index (χ4v) is 4.21. The van der Waals surface area contributed by atoms with Crippen molar-refractivity contribution in [2.75, 3.05) is 6.61 Å². The highest BCUT2D eigenvalue weighted by Gasteiger charge is 2.16. The largest absolute Gasteiger partial charge is 0.396 e. The van der Waals surface area contributed by atoms with Crippen LogP contribution in [0.25, 0.3) is 0 Å². The van der Waals surface area contributed by atoms with Gasteiger partial charge in [0.15, 0.2) is 0 Å². The van der Waals surface area contributed by atoms with Crippen LogP contribution in [0, 0.1) is 0 Å². The summed E-state index contributed by atoms with van der Waals surface area (Å²) in [5.41, 5.74) is 7.71. The van der Waals surface area contributed by atoms with E-state index in [0.717, 1.165) is 38.9 Å². The minimum Gasteiger partial charge on any atom is -0.396 e. The molecule has 0 amide bonds. The Balaban J connectivity index is 1.55. The summed E-state index contributed by atoms with van der Waals surface area (Å²) in [6.07, 6.45) is 0. The average Bonchev–Trinajstić information content (AvgIpc) is 2.95. The van der Waals surface area contributed by atoms with Crippen LogP contribution < -0.4 is 0 Å². The zero-order valence-electron chi connectivity index (χ0n) is 21.5. The lowest BCUT2D eigenvalue weighted by molar-refractivity contribution is 0.0856. The van der Waals surface area contributed by atoms with Gasteiger partial charge >= 0.3 is 0 Å². The molecule has 0 heterocycles. The molecule has 0 aliphatic carbocycles. The third-order valence-electron chi connectivity index (χ3n) is 6.40. The number of benzene rings is 4. The molecule has 4 heteroatoms. The van der Waals surface area contributed by atoms with E-state index in [1.54, 1.807) is 0 Å². The summed E-state index contributed by atoms with van der Waals surface area (Å²) in [7, 11) is 0. The molecule has 4 aromatic rings. The van der Waals surface area contributed by atoms with E-state index in [1.165, 1.54) is 0 Å². The standard InChI is InChI=1S/C33H36O4/c1-26(19-34)30-17-31(23-35-20-27-11-5-2-6-12-27)33(25-37-22-29-15-9-4-10-16-29)32(18-30)24-36-21-28-13-7-3-8-14-28/h2-18,26,34H,19-25H2,1H3.